The molecule has 2 heterocycles. The summed E-state index contributed by atoms with van der Waals surface area (Å²) in [5.74, 6) is -4.59. The van der Waals surface area contributed by atoms with E-state index in [4.69, 9.17) is 20.4 Å². The number of carbonyl (C=O) groups excluding carboxylic acids is 1. The first kappa shape index (κ1) is 24.2. The molecule has 1 aromatic carbocycles. The standard InChI is InChI=1S/C21H21F3N4O2.CH2O2/c1-20(21(23,24)11-30-10-18(25)28-20)15-8-14(5-6-16(15)22)27-19(29)17-7-4-13(9-26-17)12-2-3-12;2-1-3/h4-9,12H,2-3,10-11H2,1H3,(H2,25,28)(H,27,29);1H,(H,2,3). The molecule has 1 amide bonds. The number of hydrogen-bond acceptors (Lipinski definition) is 6. The Bertz CT molecular complexity index is 1060. The molecular formula is C22H23F3N4O4. The highest BCUT2D eigenvalue weighted by molar-refractivity contribution is 6.02. The SMILES string of the molecule is CC1(c2cc(NC(=O)c3ccc(C4CC4)cn3)ccc2F)N=C(N)COCC1(F)F.O=CO. The minimum Gasteiger partial charge on any atom is -0.483 e. The molecule has 1 unspecified atom stereocenters. The van der Waals surface area contributed by atoms with Crippen molar-refractivity contribution in [2.75, 3.05) is 18.5 Å². The van der Waals surface area contributed by atoms with Crippen molar-refractivity contribution in [2.24, 2.45) is 10.7 Å². The Kier molecular flexibility index (Phi) is 7.01. The molecule has 0 radical (unpaired) electrons. The first-order valence-corrected chi connectivity index (χ1v) is 10.1. The fraction of sp³-hybridized carbons (Fsp3) is 0.364. The maximum atomic E-state index is 14.8. The number of nitrogens with two attached hydrogens (primary N) is 1. The van der Waals surface area contributed by atoms with E-state index in [2.05, 4.69) is 15.3 Å². The smallest absolute Gasteiger partial charge is 0.299 e. The van der Waals surface area contributed by atoms with Gasteiger partial charge in [-0.1, -0.05) is 6.07 Å². The number of halogens is 3. The number of alkyl halides is 2. The number of amides is 1. The summed E-state index contributed by atoms with van der Waals surface area (Å²) in [5.41, 5.74) is 4.35. The maximum absolute atomic E-state index is 14.8. The third-order valence-corrected chi connectivity index (χ3v) is 5.43. The van der Waals surface area contributed by atoms with E-state index in [1.807, 2.05) is 6.07 Å². The number of nitrogens with zero attached hydrogens (tertiary/aromatic N) is 2. The number of benzene rings is 1. The summed E-state index contributed by atoms with van der Waals surface area (Å²) in [7, 11) is 0. The number of amidine groups is 1. The van der Waals surface area contributed by atoms with Gasteiger partial charge in [-0.3, -0.25) is 19.6 Å². The van der Waals surface area contributed by atoms with E-state index >= 15 is 0 Å². The zero-order valence-electron chi connectivity index (χ0n) is 17.7. The molecule has 0 bridgehead atoms. The van der Waals surface area contributed by atoms with Crippen molar-refractivity contribution in [1.29, 1.82) is 0 Å². The van der Waals surface area contributed by atoms with Crippen LogP contribution in [0.4, 0.5) is 18.9 Å². The van der Waals surface area contributed by atoms with Crippen LogP contribution in [-0.4, -0.2) is 47.4 Å². The molecule has 1 fully saturated rings. The fourth-order valence-corrected chi connectivity index (χ4v) is 3.45. The number of aliphatic imine (C=N–C) groups is 1. The number of ether oxygens (including phenoxy) is 1. The molecule has 1 saturated carbocycles. The average Bonchev–Trinajstić information content (AvgIpc) is 3.61. The second kappa shape index (κ2) is 9.57. The summed E-state index contributed by atoms with van der Waals surface area (Å²) < 4.78 is 49.0. The van der Waals surface area contributed by atoms with Crippen LogP contribution in [0, 0.1) is 5.82 Å². The van der Waals surface area contributed by atoms with Gasteiger partial charge in [-0.25, -0.2) is 13.2 Å². The Labute approximate surface area is 187 Å². The number of nitrogens with one attached hydrogen (secondary N) is 1. The minimum atomic E-state index is -3.52. The molecule has 1 aromatic heterocycles. The monoisotopic (exact) mass is 464 g/mol. The van der Waals surface area contributed by atoms with E-state index in [1.54, 1.807) is 12.3 Å². The van der Waals surface area contributed by atoms with Crippen molar-refractivity contribution in [3.05, 3.63) is 59.2 Å². The van der Waals surface area contributed by atoms with Crippen molar-refractivity contribution in [1.82, 2.24) is 4.98 Å². The Morgan fingerprint density at radius 1 is 1.30 bits per heavy atom. The number of rotatable bonds is 4. The van der Waals surface area contributed by atoms with Crippen LogP contribution < -0.4 is 11.1 Å². The molecule has 0 spiro atoms. The number of anilines is 1. The zero-order chi connectivity index (χ0) is 24.2. The Morgan fingerprint density at radius 3 is 2.61 bits per heavy atom. The minimum absolute atomic E-state index is 0.139. The number of carbonyl (C=O) groups is 2. The third-order valence-electron chi connectivity index (χ3n) is 5.43. The highest BCUT2D eigenvalue weighted by Gasteiger charge is 2.54. The first-order valence-electron chi connectivity index (χ1n) is 10.1. The predicted octanol–water partition coefficient (Wildman–Crippen LogP) is 3.29. The molecule has 2 aliphatic rings. The molecule has 11 heteroatoms. The van der Waals surface area contributed by atoms with E-state index in [0.717, 1.165) is 37.5 Å². The van der Waals surface area contributed by atoms with E-state index in [-0.39, 0.29) is 30.3 Å². The highest BCUT2D eigenvalue weighted by atomic mass is 19.3. The number of aromatic nitrogens is 1. The van der Waals surface area contributed by atoms with Crippen LogP contribution in [0.15, 0.2) is 41.5 Å². The van der Waals surface area contributed by atoms with Crippen LogP contribution in [0.1, 0.15) is 47.3 Å². The van der Waals surface area contributed by atoms with Gasteiger partial charge in [0.05, 0.1) is 0 Å². The molecule has 1 aliphatic heterocycles. The van der Waals surface area contributed by atoms with Gasteiger partial charge < -0.3 is 20.9 Å². The summed E-state index contributed by atoms with van der Waals surface area (Å²) >= 11 is 0. The average molecular weight is 464 g/mol. The molecule has 33 heavy (non-hydrogen) atoms. The molecule has 2 aromatic rings. The van der Waals surface area contributed by atoms with Gasteiger partial charge in [0.2, 0.25) is 0 Å². The highest BCUT2D eigenvalue weighted by Crippen LogP contribution is 2.44. The molecular weight excluding hydrogens is 441 g/mol. The van der Waals surface area contributed by atoms with Crippen LogP contribution in [0.2, 0.25) is 0 Å². The fourth-order valence-electron chi connectivity index (χ4n) is 3.45. The lowest BCUT2D eigenvalue weighted by atomic mass is 9.85. The van der Waals surface area contributed by atoms with Crippen molar-refractivity contribution in [3.63, 3.8) is 0 Å². The van der Waals surface area contributed by atoms with Gasteiger partial charge in [0.25, 0.3) is 18.3 Å². The molecule has 4 rings (SSSR count). The Morgan fingerprint density at radius 2 is 2.00 bits per heavy atom. The van der Waals surface area contributed by atoms with Crippen LogP contribution in [-0.2, 0) is 15.1 Å². The van der Waals surface area contributed by atoms with Crippen LogP contribution in [0.3, 0.4) is 0 Å². The lowest BCUT2D eigenvalue weighted by Gasteiger charge is -2.33. The Balaban J connectivity index is 0.000000968. The molecule has 1 aliphatic carbocycles. The van der Waals surface area contributed by atoms with Crippen LogP contribution in [0.25, 0.3) is 0 Å². The quantitative estimate of drug-likeness (QED) is 0.596. The summed E-state index contributed by atoms with van der Waals surface area (Å²) in [5, 5.41) is 9.47. The van der Waals surface area contributed by atoms with Crippen molar-refractivity contribution >= 4 is 23.9 Å². The predicted molar refractivity (Wildman–Crippen MR) is 114 cm³/mol. The maximum Gasteiger partial charge on any atom is 0.299 e. The second-order valence-corrected chi connectivity index (χ2v) is 7.88. The Hall–Kier alpha value is -3.47. The van der Waals surface area contributed by atoms with E-state index in [1.165, 1.54) is 6.07 Å². The van der Waals surface area contributed by atoms with Gasteiger partial charge >= 0.3 is 0 Å². The molecule has 0 saturated heterocycles. The second-order valence-electron chi connectivity index (χ2n) is 7.88. The van der Waals surface area contributed by atoms with E-state index < -0.39 is 35.4 Å². The van der Waals surface area contributed by atoms with Gasteiger partial charge in [0.1, 0.15) is 30.6 Å². The lowest BCUT2D eigenvalue weighted by Crippen LogP contribution is -2.45. The molecule has 176 valence electrons. The normalized spacial score (nSPS) is 21.6. The summed E-state index contributed by atoms with van der Waals surface area (Å²) in [4.78, 5) is 28.9. The van der Waals surface area contributed by atoms with Crippen LogP contribution in [0.5, 0.6) is 0 Å². The number of pyridine rings is 1. The van der Waals surface area contributed by atoms with E-state index in [0.29, 0.717) is 5.92 Å². The van der Waals surface area contributed by atoms with Gasteiger partial charge in [-0.2, -0.15) is 0 Å². The van der Waals surface area contributed by atoms with Crippen LogP contribution >= 0.6 is 0 Å². The van der Waals surface area contributed by atoms with Gasteiger partial charge in [0, 0.05) is 17.4 Å². The summed E-state index contributed by atoms with van der Waals surface area (Å²) in [6.45, 7) is -0.385. The first-order chi connectivity index (χ1) is 15.6. The van der Waals surface area contributed by atoms with Gasteiger partial charge in [0.15, 0.2) is 5.54 Å². The van der Waals surface area contributed by atoms with Crippen molar-refractivity contribution in [2.45, 2.75) is 37.1 Å². The largest absolute Gasteiger partial charge is 0.483 e. The zero-order valence-corrected chi connectivity index (χ0v) is 17.7. The van der Waals surface area contributed by atoms with Gasteiger partial charge in [-0.05, 0) is 55.5 Å². The molecule has 1 atom stereocenters. The van der Waals surface area contributed by atoms with Crippen molar-refractivity contribution in [3.8, 4) is 0 Å². The number of carboxylic acid groups (broad SMARTS) is 1. The lowest BCUT2D eigenvalue weighted by molar-refractivity contribution is -0.122. The number of hydrogen-bond donors (Lipinski definition) is 3. The topological polar surface area (TPSA) is 127 Å². The molecule has 4 N–H and O–H groups in total. The summed E-state index contributed by atoms with van der Waals surface area (Å²) in [6, 6.07) is 6.89. The van der Waals surface area contributed by atoms with Gasteiger partial charge in [-0.15, -0.1) is 0 Å². The van der Waals surface area contributed by atoms with Crippen molar-refractivity contribution < 1.29 is 32.6 Å². The third kappa shape index (κ3) is 5.30. The summed E-state index contributed by atoms with van der Waals surface area (Å²) in [6.07, 6.45) is 3.90. The molecule has 8 nitrogen and oxygen atoms in total. The van der Waals surface area contributed by atoms with E-state index in [9.17, 15) is 18.0 Å².